The van der Waals surface area contributed by atoms with Crippen molar-refractivity contribution in [1.82, 2.24) is 0 Å². The highest BCUT2D eigenvalue weighted by atomic mass is 32.1. The SMILES string of the molecule is Cc1cc(C(=O)CCC(=O)OCc2cc([N+](=O)[O-])cc3c2OCOC3)c(C)s1. The Kier molecular flexibility index (Phi) is 6.05. The van der Waals surface area contributed by atoms with Gasteiger partial charge in [-0.2, -0.15) is 0 Å². The van der Waals surface area contributed by atoms with Crippen LogP contribution in [0.5, 0.6) is 5.75 Å². The van der Waals surface area contributed by atoms with Gasteiger partial charge >= 0.3 is 5.97 Å². The molecule has 0 aliphatic carbocycles. The number of nitrogens with zero attached hydrogens (tertiary/aromatic N) is 1. The third-order valence-corrected chi connectivity index (χ3v) is 5.23. The maximum atomic E-state index is 12.3. The largest absolute Gasteiger partial charge is 0.467 e. The quantitative estimate of drug-likeness (QED) is 0.298. The van der Waals surface area contributed by atoms with Crippen LogP contribution in [0.1, 0.15) is 44.1 Å². The van der Waals surface area contributed by atoms with Gasteiger partial charge in [0, 0.05) is 45.0 Å². The second-order valence-corrected chi connectivity index (χ2v) is 7.83. The molecule has 1 aliphatic rings. The number of hydrogen-bond donors (Lipinski definition) is 0. The van der Waals surface area contributed by atoms with Gasteiger partial charge in [-0.15, -0.1) is 11.3 Å². The number of ketones is 1. The lowest BCUT2D eigenvalue weighted by molar-refractivity contribution is -0.385. The number of thiophene rings is 1. The maximum absolute atomic E-state index is 12.3. The molecule has 0 atom stereocenters. The van der Waals surface area contributed by atoms with Gasteiger partial charge in [0.2, 0.25) is 0 Å². The van der Waals surface area contributed by atoms with Gasteiger partial charge in [-0.1, -0.05) is 0 Å². The van der Waals surface area contributed by atoms with E-state index in [1.54, 1.807) is 0 Å². The number of nitro groups is 1. The number of nitro benzene ring substituents is 1. The van der Waals surface area contributed by atoms with Crippen LogP contribution < -0.4 is 4.74 Å². The number of ether oxygens (including phenoxy) is 3. The molecular weight excluding hydrogens is 386 g/mol. The van der Waals surface area contributed by atoms with Crippen molar-refractivity contribution < 1.29 is 28.7 Å². The Morgan fingerprint density at radius 1 is 1.25 bits per heavy atom. The number of rotatable bonds is 7. The molecule has 0 radical (unpaired) electrons. The molecule has 1 aromatic carbocycles. The molecule has 148 valence electrons. The van der Waals surface area contributed by atoms with Crippen LogP contribution in [0.3, 0.4) is 0 Å². The third-order valence-electron chi connectivity index (χ3n) is 4.27. The number of non-ortho nitro benzene ring substituents is 1. The predicted octanol–water partition coefficient (Wildman–Crippen LogP) is 3.85. The van der Waals surface area contributed by atoms with Gasteiger partial charge in [0.05, 0.1) is 18.0 Å². The van der Waals surface area contributed by atoms with Crippen LogP contribution in [0.2, 0.25) is 0 Å². The van der Waals surface area contributed by atoms with Crippen LogP contribution in [0.4, 0.5) is 5.69 Å². The molecule has 0 spiro atoms. The third kappa shape index (κ3) is 4.55. The summed E-state index contributed by atoms with van der Waals surface area (Å²) >= 11 is 1.54. The Morgan fingerprint density at radius 3 is 2.71 bits per heavy atom. The van der Waals surface area contributed by atoms with Crippen molar-refractivity contribution in [2.24, 2.45) is 0 Å². The number of esters is 1. The van der Waals surface area contributed by atoms with E-state index in [2.05, 4.69) is 0 Å². The predicted molar refractivity (Wildman–Crippen MR) is 101 cm³/mol. The number of carbonyl (C=O) groups is 2. The Bertz CT molecular complexity index is 935. The monoisotopic (exact) mass is 405 g/mol. The molecule has 2 heterocycles. The summed E-state index contributed by atoms with van der Waals surface area (Å²) in [6.07, 6.45) is -0.0124. The highest BCUT2D eigenvalue weighted by molar-refractivity contribution is 7.12. The summed E-state index contributed by atoms with van der Waals surface area (Å²) in [5, 5.41) is 11.1. The standard InChI is InChI=1S/C19H19NO7S/c1-11-5-16(12(2)28-11)17(21)3-4-18(22)26-9-14-7-15(20(23)24)6-13-8-25-10-27-19(13)14/h5-7H,3-4,8-10H2,1-2H3. The first-order chi connectivity index (χ1) is 13.3. The maximum Gasteiger partial charge on any atom is 0.306 e. The van der Waals surface area contributed by atoms with E-state index in [9.17, 15) is 19.7 Å². The number of fused-ring (bicyclic) bond motifs is 1. The van der Waals surface area contributed by atoms with Gasteiger partial charge in [-0.05, 0) is 19.9 Å². The first-order valence-electron chi connectivity index (χ1n) is 8.61. The van der Waals surface area contributed by atoms with Gasteiger partial charge in [-0.25, -0.2) is 0 Å². The Hall–Kier alpha value is -2.78. The van der Waals surface area contributed by atoms with E-state index in [1.165, 1.54) is 23.5 Å². The summed E-state index contributed by atoms with van der Waals surface area (Å²) in [6, 6.07) is 4.52. The van der Waals surface area contributed by atoms with Crippen molar-refractivity contribution >= 4 is 28.8 Å². The Morgan fingerprint density at radius 2 is 2.04 bits per heavy atom. The highest BCUT2D eigenvalue weighted by Gasteiger charge is 2.22. The zero-order chi connectivity index (χ0) is 20.3. The van der Waals surface area contributed by atoms with Crippen molar-refractivity contribution in [3.8, 4) is 5.75 Å². The van der Waals surface area contributed by atoms with Crippen molar-refractivity contribution in [1.29, 1.82) is 0 Å². The molecule has 0 amide bonds. The van der Waals surface area contributed by atoms with Crippen LogP contribution in [-0.4, -0.2) is 23.5 Å². The fraction of sp³-hybridized carbons (Fsp3) is 0.368. The minimum absolute atomic E-state index is 0.0274. The fourth-order valence-electron chi connectivity index (χ4n) is 2.98. The molecule has 1 aromatic heterocycles. The lowest BCUT2D eigenvalue weighted by Gasteiger charge is -2.20. The minimum atomic E-state index is -0.551. The lowest BCUT2D eigenvalue weighted by atomic mass is 10.1. The number of hydrogen-bond acceptors (Lipinski definition) is 8. The molecule has 8 nitrogen and oxygen atoms in total. The van der Waals surface area contributed by atoms with Gasteiger partial charge in [0.15, 0.2) is 12.6 Å². The molecule has 3 rings (SSSR count). The zero-order valence-corrected chi connectivity index (χ0v) is 16.3. The van der Waals surface area contributed by atoms with E-state index in [0.29, 0.717) is 22.4 Å². The summed E-state index contributed by atoms with van der Waals surface area (Å²) in [6.45, 7) is 3.84. The van der Waals surface area contributed by atoms with Crippen molar-refractivity contribution in [3.63, 3.8) is 0 Å². The highest BCUT2D eigenvalue weighted by Crippen LogP contribution is 2.33. The topological polar surface area (TPSA) is 105 Å². The molecule has 1 aliphatic heterocycles. The number of carbonyl (C=O) groups excluding carboxylic acids is 2. The van der Waals surface area contributed by atoms with E-state index in [0.717, 1.165) is 9.75 Å². The second-order valence-electron chi connectivity index (χ2n) is 6.37. The van der Waals surface area contributed by atoms with E-state index < -0.39 is 10.9 Å². The van der Waals surface area contributed by atoms with E-state index in [4.69, 9.17) is 14.2 Å². The second kappa shape index (κ2) is 8.49. The molecule has 0 unspecified atom stereocenters. The number of benzene rings is 1. The molecule has 0 saturated carbocycles. The summed E-state index contributed by atoms with van der Waals surface area (Å²) in [5.74, 6) is -0.220. The molecular formula is C19H19NO7S. The zero-order valence-electron chi connectivity index (χ0n) is 15.5. The molecule has 0 fully saturated rings. The summed E-state index contributed by atoms with van der Waals surface area (Å²) in [5.41, 5.74) is 1.44. The molecule has 0 N–H and O–H groups in total. The van der Waals surface area contributed by atoms with E-state index >= 15 is 0 Å². The van der Waals surface area contributed by atoms with Gasteiger partial charge in [0.25, 0.3) is 5.69 Å². The summed E-state index contributed by atoms with van der Waals surface area (Å²) in [4.78, 5) is 36.9. The normalized spacial score (nSPS) is 12.8. The number of aryl methyl sites for hydroxylation is 2. The van der Waals surface area contributed by atoms with Gasteiger partial charge < -0.3 is 14.2 Å². The molecule has 28 heavy (non-hydrogen) atoms. The minimum Gasteiger partial charge on any atom is -0.467 e. The first kappa shape index (κ1) is 20.0. The van der Waals surface area contributed by atoms with E-state index in [-0.39, 0.29) is 44.3 Å². The van der Waals surface area contributed by atoms with Crippen molar-refractivity contribution in [2.75, 3.05) is 6.79 Å². The Balaban J connectivity index is 1.61. The van der Waals surface area contributed by atoms with E-state index in [1.807, 2.05) is 19.9 Å². The van der Waals surface area contributed by atoms with Gasteiger partial charge in [0.1, 0.15) is 12.4 Å². The van der Waals surface area contributed by atoms with Crippen LogP contribution >= 0.6 is 11.3 Å². The molecule has 2 aromatic rings. The molecule has 0 bridgehead atoms. The fourth-order valence-corrected chi connectivity index (χ4v) is 3.92. The lowest BCUT2D eigenvalue weighted by Crippen LogP contribution is -2.15. The van der Waals surface area contributed by atoms with Crippen molar-refractivity contribution in [3.05, 3.63) is 54.8 Å². The molecule has 0 saturated heterocycles. The Labute approximate surface area is 165 Å². The first-order valence-corrected chi connectivity index (χ1v) is 9.43. The summed E-state index contributed by atoms with van der Waals surface area (Å²) < 4.78 is 15.8. The van der Waals surface area contributed by atoms with Crippen LogP contribution in [0, 0.1) is 24.0 Å². The number of Topliss-reactive ketones (excluding diaryl/α,β-unsaturated/α-hetero) is 1. The average molecular weight is 405 g/mol. The van der Waals surface area contributed by atoms with Crippen LogP contribution in [0.25, 0.3) is 0 Å². The molecule has 9 heteroatoms. The summed E-state index contributed by atoms with van der Waals surface area (Å²) in [7, 11) is 0. The van der Waals surface area contributed by atoms with Crippen molar-refractivity contribution in [2.45, 2.75) is 39.9 Å². The van der Waals surface area contributed by atoms with Gasteiger partial charge in [-0.3, -0.25) is 19.7 Å². The smallest absolute Gasteiger partial charge is 0.306 e. The average Bonchev–Trinajstić information content (AvgIpc) is 3.02. The van der Waals surface area contributed by atoms with Crippen LogP contribution in [-0.2, 0) is 27.5 Å². The van der Waals surface area contributed by atoms with Crippen LogP contribution in [0.15, 0.2) is 18.2 Å².